The third-order valence-electron chi connectivity index (χ3n) is 5.51. The number of nitrogens with zero attached hydrogens (tertiary/aromatic N) is 4. The van der Waals surface area contributed by atoms with Crippen LogP contribution in [-0.2, 0) is 17.3 Å². The van der Waals surface area contributed by atoms with Gasteiger partial charge in [-0.1, -0.05) is 6.07 Å². The van der Waals surface area contributed by atoms with E-state index in [4.69, 9.17) is 9.15 Å². The molecule has 1 saturated heterocycles. The SMILES string of the molecule is C[C@H]1CN(C(=O)OC(C)(C)C)CCN1c1nc2cc(C(F)(F)F)cc(Cc3ccccn3)c2o1. The van der Waals surface area contributed by atoms with E-state index in [1.54, 1.807) is 50.1 Å². The van der Waals surface area contributed by atoms with Crippen LogP contribution in [0.4, 0.5) is 24.0 Å². The molecule has 0 unspecified atom stereocenters. The molecule has 1 atom stereocenters. The molecule has 34 heavy (non-hydrogen) atoms. The van der Waals surface area contributed by atoms with Crippen LogP contribution in [0.1, 0.15) is 44.5 Å². The number of amides is 1. The first-order valence-electron chi connectivity index (χ1n) is 11.1. The van der Waals surface area contributed by atoms with E-state index in [0.717, 1.165) is 12.1 Å². The minimum absolute atomic E-state index is 0.137. The van der Waals surface area contributed by atoms with E-state index in [1.165, 1.54) is 0 Å². The summed E-state index contributed by atoms with van der Waals surface area (Å²) in [6.45, 7) is 8.49. The first kappa shape index (κ1) is 23.8. The maximum absolute atomic E-state index is 13.6. The van der Waals surface area contributed by atoms with Crippen molar-refractivity contribution in [2.45, 2.75) is 51.9 Å². The number of ether oxygens (including phenoxy) is 1. The van der Waals surface area contributed by atoms with Crippen LogP contribution in [-0.4, -0.2) is 52.2 Å². The van der Waals surface area contributed by atoms with Crippen molar-refractivity contribution in [3.63, 3.8) is 0 Å². The highest BCUT2D eigenvalue weighted by Crippen LogP contribution is 2.36. The number of anilines is 1. The average molecular weight is 476 g/mol. The van der Waals surface area contributed by atoms with E-state index in [-0.39, 0.29) is 24.0 Å². The number of fused-ring (bicyclic) bond motifs is 1. The monoisotopic (exact) mass is 476 g/mol. The summed E-state index contributed by atoms with van der Waals surface area (Å²) in [7, 11) is 0. The van der Waals surface area contributed by atoms with Crippen LogP contribution >= 0.6 is 0 Å². The number of carbonyl (C=O) groups is 1. The number of aromatic nitrogens is 2. The number of alkyl halides is 3. The molecule has 7 nitrogen and oxygen atoms in total. The van der Waals surface area contributed by atoms with Crippen molar-refractivity contribution in [3.8, 4) is 0 Å². The average Bonchev–Trinajstić information content (AvgIpc) is 3.17. The Hall–Kier alpha value is -3.30. The van der Waals surface area contributed by atoms with E-state index >= 15 is 0 Å². The minimum atomic E-state index is -4.52. The molecule has 4 rings (SSSR count). The summed E-state index contributed by atoms with van der Waals surface area (Å²) in [6, 6.07) is 7.44. The summed E-state index contributed by atoms with van der Waals surface area (Å²) in [5.74, 6) is 0. The zero-order chi connectivity index (χ0) is 24.7. The lowest BCUT2D eigenvalue weighted by Crippen LogP contribution is -2.54. The normalized spacial score (nSPS) is 17.3. The van der Waals surface area contributed by atoms with Gasteiger partial charge in [-0.05, 0) is 52.0 Å². The number of benzene rings is 1. The van der Waals surface area contributed by atoms with Gasteiger partial charge in [-0.3, -0.25) is 4.98 Å². The molecule has 0 aliphatic carbocycles. The molecule has 1 aliphatic rings. The number of hydrogen-bond donors (Lipinski definition) is 0. The lowest BCUT2D eigenvalue weighted by atomic mass is 10.0. The Balaban J connectivity index is 1.63. The Bertz CT molecular complexity index is 1170. The van der Waals surface area contributed by atoms with Gasteiger partial charge in [-0.15, -0.1) is 0 Å². The number of carbonyl (C=O) groups excluding carboxylic acids is 1. The smallest absolute Gasteiger partial charge is 0.416 e. The second-order valence-corrected chi connectivity index (χ2v) is 9.44. The number of hydrogen-bond acceptors (Lipinski definition) is 6. The molecule has 0 radical (unpaired) electrons. The van der Waals surface area contributed by atoms with Gasteiger partial charge in [0, 0.05) is 49.6 Å². The van der Waals surface area contributed by atoms with Gasteiger partial charge >= 0.3 is 12.3 Å². The Morgan fingerprint density at radius 2 is 1.97 bits per heavy atom. The van der Waals surface area contributed by atoms with Gasteiger partial charge in [0.05, 0.1) is 5.56 Å². The van der Waals surface area contributed by atoms with Crippen molar-refractivity contribution in [2.24, 2.45) is 0 Å². The van der Waals surface area contributed by atoms with Gasteiger partial charge in [-0.25, -0.2) is 4.79 Å². The van der Waals surface area contributed by atoms with Crippen molar-refractivity contribution < 1.29 is 27.1 Å². The van der Waals surface area contributed by atoms with Crippen molar-refractivity contribution in [1.29, 1.82) is 0 Å². The zero-order valence-corrected chi connectivity index (χ0v) is 19.5. The number of rotatable bonds is 3. The summed E-state index contributed by atoms with van der Waals surface area (Å²) >= 11 is 0. The quantitative estimate of drug-likeness (QED) is 0.512. The summed E-state index contributed by atoms with van der Waals surface area (Å²) in [5, 5.41) is 0. The van der Waals surface area contributed by atoms with Gasteiger partial charge in [-0.2, -0.15) is 18.2 Å². The number of oxazole rings is 1. The first-order chi connectivity index (χ1) is 15.9. The van der Waals surface area contributed by atoms with Gasteiger partial charge in [0.25, 0.3) is 6.01 Å². The van der Waals surface area contributed by atoms with E-state index in [1.807, 2.05) is 11.8 Å². The summed E-state index contributed by atoms with van der Waals surface area (Å²) < 4.78 is 52.1. The van der Waals surface area contributed by atoms with Crippen LogP contribution in [0, 0.1) is 0 Å². The molecule has 0 saturated carbocycles. The Morgan fingerprint density at radius 3 is 2.59 bits per heavy atom. The van der Waals surface area contributed by atoms with Gasteiger partial charge in [0.15, 0.2) is 5.58 Å². The van der Waals surface area contributed by atoms with Crippen LogP contribution in [0.5, 0.6) is 0 Å². The number of piperazine rings is 1. The first-order valence-corrected chi connectivity index (χ1v) is 11.1. The van der Waals surface area contributed by atoms with Crippen molar-refractivity contribution >= 4 is 23.2 Å². The van der Waals surface area contributed by atoms with E-state index < -0.39 is 23.4 Å². The van der Waals surface area contributed by atoms with Crippen LogP contribution in [0.3, 0.4) is 0 Å². The molecule has 182 valence electrons. The Labute approximate surface area is 195 Å². The van der Waals surface area contributed by atoms with E-state index in [9.17, 15) is 18.0 Å². The van der Waals surface area contributed by atoms with E-state index in [2.05, 4.69) is 9.97 Å². The molecule has 0 bridgehead atoms. The number of halogens is 3. The highest BCUT2D eigenvalue weighted by Gasteiger charge is 2.34. The molecule has 3 heterocycles. The Kier molecular flexibility index (Phi) is 6.18. The molecular formula is C24H27F3N4O3. The largest absolute Gasteiger partial charge is 0.444 e. The molecule has 1 aromatic carbocycles. The highest BCUT2D eigenvalue weighted by atomic mass is 19.4. The highest BCUT2D eigenvalue weighted by molar-refractivity contribution is 5.80. The summed E-state index contributed by atoms with van der Waals surface area (Å²) in [6.07, 6.45) is -3.14. The van der Waals surface area contributed by atoms with E-state index in [0.29, 0.717) is 36.5 Å². The standard InChI is InChI=1S/C24H27F3N4O3/c1-15-14-30(22(32)34-23(2,3)4)9-10-31(15)21-29-19-13-17(24(25,26)27)11-16(20(19)33-21)12-18-7-5-6-8-28-18/h5-8,11,13,15H,9-10,12,14H2,1-4H3/t15-/m0/s1. The zero-order valence-electron chi connectivity index (χ0n) is 19.5. The third-order valence-corrected chi connectivity index (χ3v) is 5.51. The molecule has 3 aromatic rings. The molecule has 1 amide bonds. The molecule has 0 N–H and O–H groups in total. The third kappa shape index (κ3) is 5.26. The molecule has 1 fully saturated rings. The van der Waals surface area contributed by atoms with Crippen molar-refractivity contribution in [2.75, 3.05) is 24.5 Å². The van der Waals surface area contributed by atoms with Crippen LogP contribution in [0.2, 0.25) is 0 Å². The summed E-state index contributed by atoms with van der Waals surface area (Å²) in [5.41, 5.74) is 0.0436. The maximum atomic E-state index is 13.6. The maximum Gasteiger partial charge on any atom is 0.416 e. The van der Waals surface area contributed by atoms with Crippen molar-refractivity contribution in [1.82, 2.24) is 14.9 Å². The Morgan fingerprint density at radius 1 is 1.21 bits per heavy atom. The van der Waals surface area contributed by atoms with Crippen LogP contribution in [0.25, 0.3) is 11.1 Å². The second kappa shape index (κ2) is 8.81. The van der Waals surface area contributed by atoms with Gasteiger partial charge in [0.1, 0.15) is 11.1 Å². The minimum Gasteiger partial charge on any atom is -0.444 e. The molecule has 10 heteroatoms. The van der Waals surface area contributed by atoms with Gasteiger partial charge in [0.2, 0.25) is 0 Å². The topological polar surface area (TPSA) is 71.7 Å². The molecular weight excluding hydrogens is 449 g/mol. The lowest BCUT2D eigenvalue weighted by molar-refractivity contribution is -0.137. The van der Waals surface area contributed by atoms with Gasteiger partial charge < -0.3 is 19.0 Å². The summed E-state index contributed by atoms with van der Waals surface area (Å²) in [4.78, 5) is 24.5. The fraction of sp³-hybridized carbons (Fsp3) is 0.458. The fourth-order valence-corrected chi connectivity index (χ4v) is 3.94. The number of pyridine rings is 1. The fourth-order valence-electron chi connectivity index (χ4n) is 3.94. The van der Waals surface area contributed by atoms with Crippen LogP contribution in [0.15, 0.2) is 40.9 Å². The molecule has 2 aromatic heterocycles. The van der Waals surface area contributed by atoms with Crippen LogP contribution < -0.4 is 4.90 Å². The lowest BCUT2D eigenvalue weighted by Gasteiger charge is -2.39. The predicted octanol–water partition coefficient (Wildman–Crippen LogP) is 5.28. The van der Waals surface area contributed by atoms with Crippen molar-refractivity contribution in [3.05, 3.63) is 53.3 Å². The predicted molar refractivity (Wildman–Crippen MR) is 121 cm³/mol. The second-order valence-electron chi connectivity index (χ2n) is 9.44. The molecule has 1 aliphatic heterocycles. The molecule has 0 spiro atoms.